The molecule has 0 saturated heterocycles. The number of halogens is 3. The fraction of sp³-hybridized carbons (Fsp3) is 0.125. The molecule has 0 aromatic carbocycles. The molecule has 78 valence electrons. The summed E-state index contributed by atoms with van der Waals surface area (Å²) in [7, 11) is 0. The van der Waals surface area contributed by atoms with E-state index in [1.165, 1.54) is 6.07 Å². The van der Waals surface area contributed by atoms with Crippen LogP contribution in [0.2, 0.25) is 0 Å². The molecular formula is C8H4F3N3O. The summed E-state index contributed by atoms with van der Waals surface area (Å²) in [6.07, 6.45) is -3.17. The molecule has 0 unspecified atom stereocenters. The Labute approximate surface area is 82.1 Å². The smallest absolute Gasteiger partial charge is 0.269 e. The summed E-state index contributed by atoms with van der Waals surface area (Å²) in [6.45, 7) is 0. The highest BCUT2D eigenvalue weighted by Gasteiger charge is 2.22. The van der Waals surface area contributed by atoms with Gasteiger partial charge in [0.1, 0.15) is 5.69 Å². The van der Waals surface area contributed by atoms with Gasteiger partial charge in [-0.1, -0.05) is 0 Å². The van der Waals surface area contributed by atoms with E-state index in [0.717, 1.165) is 6.07 Å². The molecule has 0 aliphatic carbocycles. The van der Waals surface area contributed by atoms with Crippen LogP contribution in [0.3, 0.4) is 0 Å². The Balaban J connectivity index is 3.46. The third-order valence-electron chi connectivity index (χ3n) is 1.60. The van der Waals surface area contributed by atoms with Crippen molar-refractivity contribution in [2.75, 3.05) is 0 Å². The lowest BCUT2D eigenvalue weighted by Crippen LogP contribution is -2.15. The molecule has 1 aromatic rings. The van der Waals surface area contributed by atoms with Crippen LogP contribution in [-0.4, -0.2) is 10.9 Å². The summed E-state index contributed by atoms with van der Waals surface area (Å²) >= 11 is 0. The van der Waals surface area contributed by atoms with Crippen molar-refractivity contribution >= 4 is 5.91 Å². The number of alkyl halides is 2. The zero-order valence-electron chi connectivity index (χ0n) is 7.17. The van der Waals surface area contributed by atoms with E-state index in [4.69, 9.17) is 11.0 Å². The van der Waals surface area contributed by atoms with Crippen LogP contribution >= 0.6 is 0 Å². The van der Waals surface area contributed by atoms with Gasteiger partial charge in [-0.15, -0.1) is 0 Å². The van der Waals surface area contributed by atoms with Crippen LogP contribution in [0, 0.1) is 17.3 Å². The van der Waals surface area contributed by atoms with E-state index in [1.54, 1.807) is 0 Å². The maximum Gasteiger partial charge on any atom is 0.269 e. The number of hydrogen-bond acceptors (Lipinski definition) is 3. The van der Waals surface area contributed by atoms with E-state index in [0.29, 0.717) is 0 Å². The molecule has 7 heteroatoms. The van der Waals surface area contributed by atoms with E-state index in [1.807, 2.05) is 0 Å². The van der Waals surface area contributed by atoms with E-state index in [9.17, 15) is 18.0 Å². The lowest BCUT2D eigenvalue weighted by molar-refractivity contribution is 0.0992. The number of carbonyl (C=O) groups is 1. The van der Waals surface area contributed by atoms with Crippen molar-refractivity contribution in [2.45, 2.75) is 6.43 Å². The fourth-order valence-electron chi connectivity index (χ4n) is 0.950. The summed E-state index contributed by atoms with van der Waals surface area (Å²) in [5.74, 6) is -2.65. The Morgan fingerprint density at radius 1 is 1.60 bits per heavy atom. The molecule has 1 heterocycles. The van der Waals surface area contributed by atoms with Crippen molar-refractivity contribution in [3.05, 3.63) is 28.8 Å². The fourth-order valence-corrected chi connectivity index (χ4v) is 0.950. The summed E-state index contributed by atoms with van der Waals surface area (Å²) in [5.41, 5.74) is 2.44. The summed E-state index contributed by atoms with van der Waals surface area (Å²) < 4.78 is 37.5. The highest BCUT2D eigenvalue weighted by atomic mass is 19.3. The van der Waals surface area contributed by atoms with E-state index in [-0.39, 0.29) is 0 Å². The summed E-state index contributed by atoms with van der Waals surface area (Å²) in [6, 6.07) is 2.07. The van der Waals surface area contributed by atoms with Crippen molar-refractivity contribution in [2.24, 2.45) is 5.73 Å². The molecule has 4 nitrogen and oxygen atoms in total. The maximum atomic E-state index is 13.0. The van der Waals surface area contributed by atoms with E-state index < -0.39 is 35.1 Å². The number of nitriles is 1. The van der Waals surface area contributed by atoms with Crippen molar-refractivity contribution in [3.63, 3.8) is 0 Å². The number of carbonyl (C=O) groups excluding carboxylic acids is 1. The Kier molecular flexibility index (Phi) is 2.90. The first-order valence-electron chi connectivity index (χ1n) is 3.66. The zero-order valence-corrected chi connectivity index (χ0v) is 7.17. The Morgan fingerprint density at radius 2 is 2.20 bits per heavy atom. The highest BCUT2D eigenvalue weighted by molar-refractivity contribution is 5.91. The van der Waals surface area contributed by atoms with Crippen LogP contribution in [0.15, 0.2) is 6.07 Å². The Hall–Kier alpha value is -2.10. The van der Waals surface area contributed by atoms with Gasteiger partial charge in [0, 0.05) is 0 Å². The van der Waals surface area contributed by atoms with Crippen LogP contribution in [-0.2, 0) is 0 Å². The quantitative estimate of drug-likeness (QED) is 0.751. The third-order valence-corrected chi connectivity index (χ3v) is 1.60. The molecular weight excluding hydrogens is 211 g/mol. The predicted molar refractivity (Wildman–Crippen MR) is 42.4 cm³/mol. The Bertz CT molecular complexity index is 453. The number of nitrogens with two attached hydrogens (primary N) is 1. The largest absolute Gasteiger partial charge is 0.364 e. The SMILES string of the molecule is N#Cc1cc(C(N)=O)nc(F)c1C(F)F. The minimum Gasteiger partial charge on any atom is -0.364 e. The molecule has 2 N–H and O–H groups in total. The average molecular weight is 215 g/mol. The lowest BCUT2D eigenvalue weighted by atomic mass is 10.1. The number of rotatable bonds is 2. The number of pyridine rings is 1. The highest BCUT2D eigenvalue weighted by Crippen LogP contribution is 2.24. The molecule has 1 aromatic heterocycles. The minimum absolute atomic E-state index is 0.562. The second-order valence-corrected chi connectivity index (χ2v) is 2.54. The standard InChI is InChI=1S/C8H4F3N3O/c9-6(10)5-3(2-12)1-4(8(13)15)14-7(5)11/h1,6H,(H2,13,15). The zero-order chi connectivity index (χ0) is 11.6. The average Bonchev–Trinajstić information content (AvgIpc) is 2.15. The molecule has 0 aliphatic rings. The maximum absolute atomic E-state index is 13.0. The topological polar surface area (TPSA) is 79.8 Å². The second-order valence-electron chi connectivity index (χ2n) is 2.54. The van der Waals surface area contributed by atoms with Gasteiger partial charge in [0.15, 0.2) is 0 Å². The summed E-state index contributed by atoms with van der Waals surface area (Å²) in [5, 5.41) is 8.47. The Morgan fingerprint density at radius 3 is 2.60 bits per heavy atom. The van der Waals surface area contributed by atoms with Crippen LogP contribution in [0.4, 0.5) is 13.2 Å². The van der Waals surface area contributed by atoms with Gasteiger partial charge in [0.2, 0.25) is 5.95 Å². The molecule has 0 fully saturated rings. The number of nitrogens with zero attached hydrogens (tertiary/aromatic N) is 2. The monoisotopic (exact) mass is 215 g/mol. The number of aromatic nitrogens is 1. The summed E-state index contributed by atoms with van der Waals surface area (Å²) in [4.78, 5) is 13.5. The van der Waals surface area contributed by atoms with Gasteiger partial charge in [0.05, 0.1) is 17.2 Å². The molecule has 1 rings (SSSR count). The van der Waals surface area contributed by atoms with Gasteiger partial charge in [-0.25, -0.2) is 13.8 Å². The first-order valence-corrected chi connectivity index (χ1v) is 3.66. The van der Waals surface area contributed by atoms with Gasteiger partial charge in [-0.2, -0.15) is 9.65 Å². The van der Waals surface area contributed by atoms with Crippen LogP contribution < -0.4 is 5.73 Å². The van der Waals surface area contributed by atoms with Gasteiger partial charge in [0.25, 0.3) is 12.3 Å². The first-order chi connectivity index (χ1) is 6.97. The van der Waals surface area contributed by atoms with Crippen molar-refractivity contribution in [3.8, 4) is 6.07 Å². The number of hydrogen-bond donors (Lipinski definition) is 1. The van der Waals surface area contributed by atoms with Gasteiger partial charge >= 0.3 is 0 Å². The van der Waals surface area contributed by atoms with Crippen LogP contribution in [0.25, 0.3) is 0 Å². The van der Waals surface area contributed by atoms with Crippen LogP contribution in [0.1, 0.15) is 28.0 Å². The number of primary amides is 1. The van der Waals surface area contributed by atoms with E-state index >= 15 is 0 Å². The second kappa shape index (κ2) is 3.96. The van der Waals surface area contributed by atoms with Crippen molar-refractivity contribution in [1.82, 2.24) is 4.98 Å². The molecule has 0 bridgehead atoms. The van der Waals surface area contributed by atoms with Crippen molar-refractivity contribution < 1.29 is 18.0 Å². The molecule has 0 saturated carbocycles. The molecule has 0 aliphatic heterocycles. The molecule has 0 spiro atoms. The lowest BCUT2D eigenvalue weighted by Gasteiger charge is -2.04. The molecule has 0 atom stereocenters. The van der Waals surface area contributed by atoms with Gasteiger partial charge in [-0.3, -0.25) is 4.79 Å². The molecule has 0 radical (unpaired) electrons. The van der Waals surface area contributed by atoms with Crippen LogP contribution in [0.5, 0.6) is 0 Å². The first kappa shape index (κ1) is 11.0. The van der Waals surface area contributed by atoms with Gasteiger partial charge in [-0.05, 0) is 6.07 Å². The van der Waals surface area contributed by atoms with Gasteiger partial charge < -0.3 is 5.73 Å². The minimum atomic E-state index is -3.17. The van der Waals surface area contributed by atoms with E-state index in [2.05, 4.69) is 4.98 Å². The molecule has 15 heavy (non-hydrogen) atoms. The number of amides is 1. The predicted octanol–water partition coefficient (Wildman–Crippen LogP) is 1.13. The third kappa shape index (κ3) is 2.04. The molecule has 1 amide bonds. The van der Waals surface area contributed by atoms with Crippen molar-refractivity contribution in [1.29, 1.82) is 5.26 Å². The normalized spacial score (nSPS) is 10.1.